The number of thioether (sulfide) groups is 1. The number of urea groups is 1. The summed E-state index contributed by atoms with van der Waals surface area (Å²) in [5, 5.41) is 12.5. The van der Waals surface area contributed by atoms with Gasteiger partial charge < -0.3 is 30.3 Å². The van der Waals surface area contributed by atoms with Crippen LogP contribution in [0.2, 0.25) is 0 Å². The van der Waals surface area contributed by atoms with Crippen LogP contribution in [0.25, 0.3) is 0 Å². The smallest absolute Gasteiger partial charge is 0.330 e. The highest BCUT2D eigenvalue weighted by molar-refractivity contribution is 8.00. The van der Waals surface area contributed by atoms with Crippen molar-refractivity contribution in [2.24, 2.45) is 0 Å². The van der Waals surface area contributed by atoms with Gasteiger partial charge in [-0.3, -0.25) is 14.2 Å². The number of fused-ring (bicyclic) bond motifs is 1. The Hall–Kier alpha value is -2.07. The summed E-state index contributed by atoms with van der Waals surface area (Å²) in [5.41, 5.74) is 0.991. The van der Waals surface area contributed by atoms with Gasteiger partial charge in [0, 0.05) is 36.9 Å². The lowest BCUT2D eigenvalue weighted by Crippen LogP contribution is -2.36. The molecule has 2 saturated heterocycles. The van der Waals surface area contributed by atoms with Crippen molar-refractivity contribution in [3.8, 4) is 0 Å². The maximum Gasteiger partial charge on any atom is 0.330 e. The maximum absolute atomic E-state index is 13.0. The van der Waals surface area contributed by atoms with Crippen LogP contribution in [0.15, 0.2) is 30.3 Å². The van der Waals surface area contributed by atoms with Crippen LogP contribution in [-0.4, -0.2) is 66.8 Å². The van der Waals surface area contributed by atoms with Gasteiger partial charge in [0.05, 0.1) is 31.5 Å². The van der Waals surface area contributed by atoms with E-state index in [4.69, 9.17) is 9.05 Å². The zero-order valence-electron chi connectivity index (χ0n) is 27.8. The van der Waals surface area contributed by atoms with Gasteiger partial charge in [-0.15, -0.1) is 0 Å². The van der Waals surface area contributed by atoms with Crippen LogP contribution in [0.3, 0.4) is 0 Å². The predicted molar refractivity (Wildman–Crippen MR) is 186 cm³/mol. The molecule has 2 aliphatic rings. The summed E-state index contributed by atoms with van der Waals surface area (Å²) in [7, 11) is -3.07. The van der Waals surface area contributed by atoms with Crippen molar-refractivity contribution in [1.29, 1.82) is 0 Å². The standard InChI is InChI=1S/C34H57N4O6PS/c1-2-43-45(42,44-26-28-18-10-8-11-19-28)25-17-7-5-3-4-6-12-21-31(39)35-23-15-9-16-24-36-32(40)22-14-13-20-30-33-29(27-46-30)37-34(41)38-33/h8,10-11,18-19,29-30,33H,2-7,9,12-17,20-27H2,1H3,(H,35,39)(H,36,40)(H2,37,38,41)/t29-,30+,33+,45+/m1/s1. The Balaban J connectivity index is 1.05. The van der Waals surface area contributed by atoms with Crippen molar-refractivity contribution in [2.75, 3.05) is 31.6 Å². The summed E-state index contributed by atoms with van der Waals surface area (Å²) in [6.07, 6.45) is 14.3. The first kappa shape index (κ1) is 38.4. The van der Waals surface area contributed by atoms with E-state index < -0.39 is 7.60 Å². The van der Waals surface area contributed by atoms with E-state index >= 15 is 0 Å². The van der Waals surface area contributed by atoms with Gasteiger partial charge in [0.1, 0.15) is 0 Å². The van der Waals surface area contributed by atoms with Crippen LogP contribution in [0, 0.1) is 0 Å². The molecule has 46 heavy (non-hydrogen) atoms. The first-order valence-corrected chi connectivity index (χ1v) is 20.3. The molecule has 12 heteroatoms. The molecule has 1 aromatic rings. The average Bonchev–Trinajstić information content (AvgIpc) is 3.60. The molecule has 260 valence electrons. The van der Waals surface area contributed by atoms with Crippen LogP contribution in [0.1, 0.15) is 109 Å². The molecular weight excluding hydrogens is 623 g/mol. The molecule has 4 N–H and O–H groups in total. The van der Waals surface area contributed by atoms with Gasteiger partial charge in [-0.1, -0.05) is 68.9 Å². The largest absolute Gasteiger partial charge is 0.356 e. The summed E-state index contributed by atoms with van der Waals surface area (Å²) in [4.78, 5) is 35.7. The second-order valence-corrected chi connectivity index (χ2v) is 15.8. The van der Waals surface area contributed by atoms with E-state index in [1.165, 1.54) is 0 Å². The lowest BCUT2D eigenvalue weighted by Gasteiger charge is -2.18. The number of amides is 4. The molecule has 2 heterocycles. The first-order valence-electron chi connectivity index (χ1n) is 17.5. The number of hydrogen-bond donors (Lipinski definition) is 4. The Morgan fingerprint density at radius 3 is 2.11 bits per heavy atom. The van der Waals surface area contributed by atoms with E-state index in [2.05, 4.69) is 21.3 Å². The highest BCUT2D eigenvalue weighted by Crippen LogP contribution is 2.49. The van der Waals surface area contributed by atoms with Crippen LogP contribution < -0.4 is 21.3 Å². The van der Waals surface area contributed by atoms with Gasteiger partial charge in [0.2, 0.25) is 11.8 Å². The van der Waals surface area contributed by atoms with E-state index in [-0.39, 0.29) is 29.9 Å². The summed E-state index contributed by atoms with van der Waals surface area (Å²) < 4.78 is 24.2. The molecule has 2 fully saturated rings. The van der Waals surface area contributed by atoms with Crippen molar-refractivity contribution < 1.29 is 28.0 Å². The number of rotatable bonds is 26. The summed E-state index contributed by atoms with van der Waals surface area (Å²) in [6, 6.07) is 10.2. The van der Waals surface area contributed by atoms with Crippen LogP contribution in [0.4, 0.5) is 4.79 Å². The molecule has 4 atom stereocenters. The molecule has 0 aromatic heterocycles. The van der Waals surface area contributed by atoms with Crippen LogP contribution in [-0.2, 0) is 29.8 Å². The Labute approximate surface area is 280 Å². The molecule has 0 unspecified atom stereocenters. The fourth-order valence-corrected chi connectivity index (χ4v) is 9.14. The second-order valence-electron chi connectivity index (χ2n) is 12.4. The Morgan fingerprint density at radius 2 is 1.43 bits per heavy atom. The molecule has 0 spiro atoms. The van der Waals surface area contributed by atoms with Gasteiger partial charge in [-0.2, -0.15) is 11.8 Å². The average molecular weight is 681 g/mol. The van der Waals surface area contributed by atoms with E-state index in [1.807, 2.05) is 49.0 Å². The minimum Gasteiger partial charge on any atom is -0.356 e. The third kappa shape index (κ3) is 15.7. The van der Waals surface area contributed by atoms with Crippen molar-refractivity contribution in [2.45, 2.75) is 127 Å². The quantitative estimate of drug-likeness (QED) is 0.0487. The highest BCUT2D eigenvalue weighted by atomic mass is 32.2. The number of carbonyl (C=O) groups is 3. The summed E-state index contributed by atoms with van der Waals surface area (Å²) in [6.45, 7) is 3.89. The molecule has 4 amide bonds. The van der Waals surface area contributed by atoms with Gasteiger partial charge in [-0.25, -0.2) is 4.79 Å². The number of hydrogen-bond acceptors (Lipinski definition) is 7. The lowest BCUT2D eigenvalue weighted by molar-refractivity contribution is -0.121. The van der Waals surface area contributed by atoms with Crippen molar-refractivity contribution in [3.05, 3.63) is 35.9 Å². The van der Waals surface area contributed by atoms with Crippen LogP contribution >= 0.6 is 19.4 Å². The molecule has 1 aromatic carbocycles. The maximum atomic E-state index is 13.0. The first-order chi connectivity index (χ1) is 22.4. The predicted octanol–water partition coefficient (Wildman–Crippen LogP) is 6.68. The van der Waals surface area contributed by atoms with Crippen molar-refractivity contribution >= 4 is 37.2 Å². The Bertz CT molecular complexity index is 1080. The van der Waals surface area contributed by atoms with Crippen LogP contribution in [0.5, 0.6) is 0 Å². The summed E-state index contributed by atoms with van der Waals surface area (Å²) in [5.74, 6) is 1.20. The number of benzene rings is 1. The second kappa shape index (κ2) is 22.5. The SMILES string of the molecule is CCO[P@@](=O)(CCCCCCCCCC(=O)NCCCCCNC(=O)CCCC[C@@H]1SC[C@H]2NC(=O)N[C@H]12)OCc1ccccc1. The highest BCUT2D eigenvalue weighted by Gasteiger charge is 2.42. The monoisotopic (exact) mass is 680 g/mol. The van der Waals surface area contributed by atoms with Gasteiger partial charge in [-0.05, 0) is 57.4 Å². The number of carbonyl (C=O) groups excluding carboxylic acids is 3. The molecule has 0 radical (unpaired) electrons. The molecule has 2 aliphatic heterocycles. The third-order valence-corrected chi connectivity index (χ3v) is 12.1. The lowest BCUT2D eigenvalue weighted by atomic mass is 10.0. The van der Waals surface area contributed by atoms with E-state index in [0.29, 0.717) is 50.6 Å². The Kier molecular flexibility index (Phi) is 18.8. The normalized spacial score (nSPS) is 20.0. The Morgan fingerprint density at radius 1 is 0.826 bits per heavy atom. The molecule has 10 nitrogen and oxygen atoms in total. The molecule has 3 rings (SSSR count). The molecule has 0 saturated carbocycles. The number of nitrogens with one attached hydrogen (secondary N) is 4. The fourth-order valence-electron chi connectivity index (χ4n) is 5.92. The van der Waals surface area contributed by atoms with E-state index in [9.17, 15) is 18.9 Å². The van der Waals surface area contributed by atoms with Gasteiger partial charge >= 0.3 is 13.6 Å². The molecule has 0 bridgehead atoms. The summed E-state index contributed by atoms with van der Waals surface area (Å²) >= 11 is 1.91. The number of unbranched alkanes of at least 4 members (excludes halogenated alkanes) is 9. The minimum absolute atomic E-state index is 0.0523. The van der Waals surface area contributed by atoms with Crippen molar-refractivity contribution in [1.82, 2.24) is 21.3 Å². The van der Waals surface area contributed by atoms with E-state index in [1.54, 1.807) is 0 Å². The molecular formula is C34H57N4O6PS. The molecule has 0 aliphatic carbocycles. The topological polar surface area (TPSA) is 135 Å². The van der Waals surface area contributed by atoms with Gasteiger partial charge in [0.25, 0.3) is 0 Å². The fraction of sp³-hybridized carbons (Fsp3) is 0.735. The van der Waals surface area contributed by atoms with Gasteiger partial charge in [0.15, 0.2) is 0 Å². The third-order valence-electron chi connectivity index (χ3n) is 8.51. The minimum atomic E-state index is -3.07. The van der Waals surface area contributed by atoms with Crippen molar-refractivity contribution in [3.63, 3.8) is 0 Å². The zero-order chi connectivity index (χ0) is 32.9. The van der Waals surface area contributed by atoms with E-state index in [0.717, 1.165) is 94.8 Å². The zero-order valence-corrected chi connectivity index (χ0v) is 29.5.